The highest BCUT2D eigenvalue weighted by Gasteiger charge is 2.17. The molecule has 0 aliphatic heterocycles. The van der Waals surface area contributed by atoms with E-state index < -0.39 is 0 Å². The van der Waals surface area contributed by atoms with Gasteiger partial charge in [0.1, 0.15) is 5.56 Å². The first-order chi connectivity index (χ1) is 8.50. The summed E-state index contributed by atoms with van der Waals surface area (Å²) in [7, 11) is 0. The largest absolute Gasteiger partial charge is 0.349 e. The Morgan fingerprint density at radius 3 is 2.83 bits per heavy atom. The average molecular weight is 265 g/mol. The van der Waals surface area contributed by atoms with E-state index in [1.54, 1.807) is 11.6 Å². The molecule has 0 spiro atoms. The number of carbonyl (C=O) groups excluding carboxylic acids is 1. The summed E-state index contributed by atoms with van der Waals surface area (Å²) < 4.78 is 1.39. The van der Waals surface area contributed by atoms with E-state index in [1.807, 2.05) is 20.8 Å². The molecular formula is C12H15N3O2S. The molecule has 0 saturated heterocycles. The summed E-state index contributed by atoms with van der Waals surface area (Å²) >= 11 is 1.36. The Balaban J connectivity index is 2.33. The molecule has 1 N–H and O–H groups in total. The van der Waals surface area contributed by atoms with E-state index >= 15 is 0 Å². The van der Waals surface area contributed by atoms with Crippen LogP contribution in [-0.4, -0.2) is 21.3 Å². The molecule has 6 heteroatoms. The third-order valence-corrected chi connectivity index (χ3v) is 3.72. The molecule has 2 aromatic heterocycles. The van der Waals surface area contributed by atoms with Crippen LogP contribution in [0.2, 0.25) is 0 Å². The topological polar surface area (TPSA) is 63.5 Å². The Bertz CT molecular complexity index is 630. The van der Waals surface area contributed by atoms with Gasteiger partial charge < -0.3 is 5.32 Å². The molecule has 2 heterocycles. The predicted molar refractivity (Wildman–Crippen MR) is 71.1 cm³/mol. The van der Waals surface area contributed by atoms with E-state index in [0.717, 1.165) is 0 Å². The van der Waals surface area contributed by atoms with Crippen molar-refractivity contribution in [3.63, 3.8) is 0 Å². The summed E-state index contributed by atoms with van der Waals surface area (Å²) in [6, 6.07) is 0.0140. The van der Waals surface area contributed by atoms with Gasteiger partial charge in [0, 0.05) is 23.8 Å². The Morgan fingerprint density at radius 1 is 1.44 bits per heavy atom. The lowest BCUT2D eigenvalue weighted by Crippen LogP contribution is -2.39. The smallest absolute Gasteiger partial charge is 0.271 e. The zero-order chi connectivity index (χ0) is 13.3. The van der Waals surface area contributed by atoms with E-state index in [4.69, 9.17) is 0 Å². The fourth-order valence-electron chi connectivity index (χ4n) is 1.43. The lowest BCUT2D eigenvalue weighted by Gasteiger charge is -2.16. The van der Waals surface area contributed by atoms with Crippen LogP contribution in [-0.2, 0) is 0 Å². The zero-order valence-corrected chi connectivity index (χ0v) is 11.3. The molecule has 0 radical (unpaired) electrons. The second kappa shape index (κ2) is 4.89. The molecule has 0 saturated carbocycles. The maximum Gasteiger partial charge on any atom is 0.271 e. The third-order valence-electron chi connectivity index (χ3n) is 2.95. The van der Waals surface area contributed by atoms with Crippen LogP contribution in [0.3, 0.4) is 0 Å². The van der Waals surface area contributed by atoms with Crippen LogP contribution >= 0.6 is 11.3 Å². The number of hydrogen-bond acceptors (Lipinski definition) is 4. The van der Waals surface area contributed by atoms with Crippen LogP contribution in [0.5, 0.6) is 0 Å². The lowest BCUT2D eigenvalue weighted by molar-refractivity contribution is 0.0928. The first-order valence-corrected chi connectivity index (χ1v) is 6.64. The van der Waals surface area contributed by atoms with Crippen molar-refractivity contribution in [3.8, 4) is 0 Å². The average Bonchev–Trinajstić information content (AvgIpc) is 2.78. The molecule has 0 aliphatic carbocycles. The van der Waals surface area contributed by atoms with Gasteiger partial charge in [-0.1, -0.05) is 13.8 Å². The minimum absolute atomic E-state index is 0.0140. The molecule has 0 aromatic carbocycles. The highest BCUT2D eigenvalue weighted by atomic mass is 32.1. The lowest BCUT2D eigenvalue weighted by atomic mass is 10.1. The van der Waals surface area contributed by atoms with Gasteiger partial charge in [-0.15, -0.1) is 11.3 Å². The standard InChI is InChI=1S/C12H15N3O2S/c1-7(2)8(3)14-10(16)9-6-13-12-15(11(9)17)4-5-18-12/h4-8H,1-3H3,(H,14,16)/t8-/m1/s1. The van der Waals surface area contributed by atoms with E-state index in [0.29, 0.717) is 10.9 Å². The summed E-state index contributed by atoms with van der Waals surface area (Å²) in [6.45, 7) is 5.94. The first kappa shape index (κ1) is 12.8. The zero-order valence-electron chi connectivity index (χ0n) is 10.5. The molecule has 2 aromatic rings. The number of fused-ring (bicyclic) bond motifs is 1. The Hall–Kier alpha value is -1.69. The van der Waals surface area contributed by atoms with Gasteiger partial charge in [-0.3, -0.25) is 14.0 Å². The van der Waals surface area contributed by atoms with Gasteiger partial charge in [-0.25, -0.2) is 4.98 Å². The number of thiazole rings is 1. The SMILES string of the molecule is CC(C)[C@@H](C)NC(=O)c1cnc2sccn2c1=O. The minimum atomic E-state index is -0.366. The van der Waals surface area contributed by atoms with Crippen molar-refractivity contribution in [2.45, 2.75) is 26.8 Å². The van der Waals surface area contributed by atoms with E-state index in [9.17, 15) is 9.59 Å². The molecule has 1 atom stereocenters. The molecule has 0 fully saturated rings. The van der Waals surface area contributed by atoms with Crippen molar-refractivity contribution in [1.29, 1.82) is 0 Å². The number of carbonyl (C=O) groups is 1. The number of amides is 1. The predicted octanol–water partition coefficient (Wildman–Crippen LogP) is 1.53. The van der Waals surface area contributed by atoms with E-state index in [2.05, 4.69) is 10.3 Å². The maximum absolute atomic E-state index is 12.1. The monoisotopic (exact) mass is 265 g/mol. The Kier molecular flexibility index (Phi) is 3.47. The van der Waals surface area contributed by atoms with Gasteiger partial charge in [0.25, 0.3) is 11.5 Å². The molecule has 1 amide bonds. The fourth-order valence-corrected chi connectivity index (χ4v) is 2.11. The van der Waals surface area contributed by atoms with Crippen molar-refractivity contribution >= 4 is 22.2 Å². The van der Waals surface area contributed by atoms with Gasteiger partial charge in [0.15, 0.2) is 4.96 Å². The van der Waals surface area contributed by atoms with Crippen molar-refractivity contribution < 1.29 is 4.79 Å². The van der Waals surface area contributed by atoms with Crippen LogP contribution in [0.25, 0.3) is 4.96 Å². The van der Waals surface area contributed by atoms with Crippen molar-refractivity contribution in [2.24, 2.45) is 5.92 Å². The summed E-state index contributed by atoms with van der Waals surface area (Å²) in [5, 5.41) is 4.57. The Morgan fingerprint density at radius 2 is 2.17 bits per heavy atom. The normalized spacial score (nSPS) is 12.9. The fraction of sp³-hybridized carbons (Fsp3) is 0.417. The number of hydrogen-bond donors (Lipinski definition) is 1. The second-order valence-corrected chi connectivity index (χ2v) is 5.41. The van der Waals surface area contributed by atoms with Crippen molar-refractivity contribution in [1.82, 2.24) is 14.7 Å². The van der Waals surface area contributed by atoms with Gasteiger partial charge >= 0.3 is 0 Å². The maximum atomic E-state index is 12.1. The highest BCUT2D eigenvalue weighted by molar-refractivity contribution is 7.15. The Labute approximate surface area is 108 Å². The molecular weight excluding hydrogens is 250 g/mol. The number of rotatable bonds is 3. The third kappa shape index (κ3) is 2.28. The van der Waals surface area contributed by atoms with E-state index in [1.165, 1.54) is 21.9 Å². The molecule has 0 unspecified atom stereocenters. The van der Waals surface area contributed by atoms with Crippen LogP contribution in [0.1, 0.15) is 31.1 Å². The second-order valence-electron chi connectivity index (χ2n) is 4.54. The molecule has 0 aliphatic rings. The quantitative estimate of drug-likeness (QED) is 0.915. The summed E-state index contributed by atoms with van der Waals surface area (Å²) in [4.78, 5) is 28.7. The summed E-state index contributed by atoms with van der Waals surface area (Å²) in [5.74, 6) is -0.0520. The molecule has 96 valence electrons. The van der Waals surface area contributed by atoms with E-state index in [-0.39, 0.29) is 23.1 Å². The van der Waals surface area contributed by atoms with Crippen molar-refractivity contribution in [3.05, 3.63) is 33.7 Å². The molecule has 2 rings (SSSR count). The number of aromatic nitrogens is 2. The van der Waals surface area contributed by atoms with Crippen LogP contribution in [0.4, 0.5) is 0 Å². The highest BCUT2D eigenvalue weighted by Crippen LogP contribution is 2.06. The minimum Gasteiger partial charge on any atom is -0.349 e. The molecule has 18 heavy (non-hydrogen) atoms. The van der Waals surface area contributed by atoms with Crippen molar-refractivity contribution in [2.75, 3.05) is 0 Å². The van der Waals surface area contributed by atoms with Crippen LogP contribution in [0, 0.1) is 5.92 Å². The number of nitrogens with zero attached hydrogens (tertiary/aromatic N) is 2. The molecule has 0 bridgehead atoms. The van der Waals surface area contributed by atoms with Gasteiger partial charge in [-0.05, 0) is 12.8 Å². The summed E-state index contributed by atoms with van der Waals surface area (Å²) in [5.41, 5.74) is -0.242. The van der Waals surface area contributed by atoms with Gasteiger partial charge in [0.05, 0.1) is 0 Å². The summed E-state index contributed by atoms with van der Waals surface area (Å²) in [6.07, 6.45) is 2.97. The molecule has 5 nitrogen and oxygen atoms in total. The van der Waals surface area contributed by atoms with Crippen LogP contribution < -0.4 is 10.9 Å². The van der Waals surface area contributed by atoms with Gasteiger partial charge in [-0.2, -0.15) is 0 Å². The first-order valence-electron chi connectivity index (χ1n) is 5.76. The number of nitrogens with one attached hydrogen (secondary N) is 1. The van der Waals surface area contributed by atoms with Crippen LogP contribution in [0.15, 0.2) is 22.6 Å². The van der Waals surface area contributed by atoms with Gasteiger partial charge in [0.2, 0.25) is 0 Å².